The molecule has 0 atom stereocenters. The predicted octanol–water partition coefficient (Wildman–Crippen LogP) is 2.41. The third kappa shape index (κ3) is 2.72. The van der Waals surface area contributed by atoms with Crippen LogP contribution >= 0.6 is 15.9 Å². The van der Waals surface area contributed by atoms with Gasteiger partial charge in [-0.25, -0.2) is 14.5 Å². The first kappa shape index (κ1) is 12.9. The Hall–Kier alpha value is -2.15. The van der Waals surface area contributed by atoms with Gasteiger partial charge in [-0.2, -0.15) is 5.10 Å². The summed E-state index contributed by atoms with van der Waals surface area (Å²) in [4.78, 5) is 8.54. The summed E-state index contributed by atoms with van der Waals surface area (Å²) in [5.74, 6) is 1.67. The minimum absolute atomic E-state index is 0.737. The van der Waals surface area contributed by atoms with E-state index in [2.05, 4.69) is 41.6 Å². The third-order valence-electron chi connectivity index (χ3n) is 2.78. The molecule has 0 bridgehead atoms. The second-order valence-electron chi connectivity index (χ2n) is 4.13. The van der Waals surface area contributed by atoms with Gasteiger partial charge in [0.2, 0.25) is 0 Å². The van der Waals surface area contributed by atoms with Crippen LogP contribution in [0.3, 0.4) is 0 Å². The molecule has 0 aliphatic rings. The molecule has 3 aromatic heterocycles. The molecular formula is C13H13BrN6. The Bertz CT molecular complexity index is 696. The minimum Gasteiger partial charge on any atom is -0.368 e. The van der Waals surface area contributed by atoms with Gasteiger partial charge in [-0.1, -0.05) is 6.07 Å². The van der Waals surface area contributed by atoms with Crippen LogP contribution in [0.15, 0.2) is 47.5 Å². The van der Waals surface area contributed by atoms with E-state index in [0.29, 0.717) is 0 Å². The molecule has 0 aliphatic carbocycles. The number of pyridine rings is 1. The van der Waals surface area contributed by atoms with Crippen LogP contribution in [0.5, 0.6) is 0 Å². The molecule has 0 radical (unpaired) electrons. The number of hydrogen-bond acceptors (Lipinski definition) is 5. The van der Waals surface area contributed by atoms with E-state index >= 15 is 0 Å². The Morgan fingerprint density at radius 3 is 2.85 bits per heavy atom. The molecule has 20 heavy (non-hydrogen) atoms. The van der Waals surface area contributed by atoms with Crippen LogP contribution in [0.25, 0.3) is 5.52 Å². The average Bonchev–Trinajstić information content (AvgIpc) is 2.87. The van der Waals surface area contributed by atoms with Crippen LogP contribution in [0.2, 0.25) is 0 Å². The lowest BCUT2D eigenvalue weighted by molar-refractivity contribution is 0.941. The highest BCUT2D eigenvalue weighted by atomic mass is 79.9. The maximum atomic E-state index is 4.34. The molecule has 3 rings (SSSR count). The first-order chi connectivity index (χ1) is 9.84. The molecule has 0 fully saturated rings. The molecule has 0 amide bonds. The average molecular weight is 333 g/mol. The predicted molar refractivity (Wildman–Crippen MR) is 81.9 cm³/mol. The summed E-state index contributed by atoms with van der Waals surface area (Å²) in [6.45, 7) is 1.49. The van der Waals surface area contributed by atoms with Crippen LogP contribution in [0.4, 0.5) is 11.6 Å². The van der Waals surface area contributed by atoms with E-state index < -0.39 is 0 Å². The van der Waals surface area contributed by atoms with Crippen molar-refractivity contribution in [3.8, 4) is 0 Å². The van der Waals surface area contributed by atoms with Crippen molar-refractivity contribution in [2.24, 2.45) is 0 Å². The number of nitrogens with zero attached hydrogens (tertiary/aromatic N) is 4. The van der Waals surface area contributed by atoms with Gasteiger partial charge in [0.15, 0.2) is 5.82 Å². The third-order valence-corrected chi connectivity index (χ3v) is 3.36. The Balaban J connectivity index is 1.61. The Labute approximate surface area is 124 Å². The number of fused-ring (bicyclic) bond motifs is 1. The van der Waals surface area contributed by atoms with Gasteiger partial charge in [-0.15, -0.1) is 0 Å². The quantitative estimate of drug-likeness (QED) is 0.702. The van der Waals surface area contributed by atoms with Gasteiger partial charge in [-0.3, -0.25) is 0 Å². The van der Waals surface area contributed by atoms with Gasteiger partial charge >= 0.3 is 0 Å². The van der Waals surface area contributed by atoms with Gasteiger partial charge in [0.05, 0.1) is 10.7 Å². The molecule has 0 saturated carbocycles. The molecule has 0 aromatic carbocycles. The van der Waals surface area contributed by atoms with Crippen molar-refractivity contribution in [3.63, 3.8) is 0 Å². The van der Waals surface area contributed by atoms with Gasteiger partial charge in [0, 0.05) is 31.7 Å². The molecule has 2 N–H and O–H groups in total. The van der Waals surface area contributed by atoms with Crippen molar-refractivity contribution in [2.75, 3.05) is 23.7 Å². The molecule has 0 saturated heterocycles. The van der Waals surface area contributed by atoms with Crippen molar-refractivity contribution in [3.05, 3.63) is 47.5 Å². The summed E-state index contributed by atoms with van der Waals surface area (Å²) in [6.07, 6.45) is 7.06. The molecule has 6 nitrogen and oxygen atoms in total. The van der Waals surface area contributed by atoms with Crippen LogP contribution < -0.4 is 10.6 Å². The standard InChI is InChI=1S/C13H13BrN6/c14-10-9-19-20-8-7-18-13(12(10)20)17-6-5-16-11-3-1-2-4-15-11/h1-4,7-9H,5-6H2,(H,15,16)(H,17,18). The number of halogens is 1. The zero-order valence-corrected chi connectivity index (χ0v) is 12.2. The number of hydrogen-bond donors (Lipinski definition) is 2. The molecular weight excluding hydrogens is 320 g/mol. The van der Waals surface area contributed by atoms with E-state index in [-0.39, 0.29) is 0 Å². The topological polar surface area (TPSA) is 67.1 Å². The summed E-state index contributed by atoms with van der Waals surface area (Å²) in [6, 6.07) is 5.78. The summed E-state index contributed by atoms with van der Waals surface area (Å²) in [5, 5.41) is 10.7. The lowest BCUT2D eigenvalue weighted by Crippen LogP contribution is -2.15. The van der Waals surface area contributed by atoms with Crippen LogP contribution in [-0.2, 0) is 0 Å². The lowest BCUT2D eigenvalue weighted by atomic mass is 10.4. The van der Waals surface area contributed by atoms with Crippen LogP contribution in [-0.4, -0.2) is 32.7 Å². The largest absolute Gasteiger partial charge is 0.368 e. The number of rotatable bonds is 5. The molecule has 0 aliphatic heterocycles. The normalized spacial score (nSPS) is 10.7. The molecule has 3 heterocycles. The fraction of sp³-hybridized carbons (Fsp3) is 0.154. The summed E-state index contributed by atoms with van der Waals surface area (Å²) < 4.78 is 2.71. The van der Waals surface area contributed by atoms with Crippen molar-refractivity contribution in [1.82, 2.24) is 19.6 Å². The summed E-state index contributed by atoms with van der Waals surface area (Å²) >= 11 is 3.47. The first-order valence-electron chi connectivity index (χ1n) is 6.21. The molecule has 7 heteroatoms. The molecule has 0 spiro atoms. The van der Waals surface area contributed by atoms with Gasteiger partial charge in [0.25, 0.3) is 0 Å². The minimum atomic E-state index is 0.737. The van der Waals surface area contributed by atoms with Gasteiger partial charge in [0.1, 0.15) is 11.3 Å². The Kier molecular flexibility index (Phi) is 3.78. The molecule has 0 unspecified atom stereocenters. The number of nitrogens with one attached hydrogen (secondary N) is 2. The van der Waals surface area contributed by atoms with E-state index in [1.54, 1.807) is 23.1 Å². The van der Waals surface area contributed by atoms with E-state index in [1.807, 2.05) is 24.4 Å². The highest BCUT2D eigenvalue weighted by molar-refractivity contribution is 9.10. The van der Waals surface area contributed by atoms with Crippen molar-refractivity contribution in [1.29, 1.82) is 0 Å². The lowest BCUT2D eigenvalue weighted by Gasteiger charge is -2.08. The summed E-state index contributed by atoms with van der Waals surface area (Å²) in [5.41, 5.74) is 0.935. The highest BCUT2D eigenvalue weighted by Crippen LogP contribution is 2.22. The van der Waals surface area contributed by atoms with Crippen molar-refractivity contribution >= 4 is 33.1 Å². The zero-order chi connectivity index (χ0) is 13.8. The maximum absolute atomic E-state index is 4.34. The SMILES string of the molecule is Brc1cnn2ccnc(NCCNc3ccccn3)c12. The van der Waals surface area contributed by atoms with Gasteiger partial charge < -0.3 is 10.6 Å². The highest BCUT2D eigenvalue weighted by Gasteiger charge is 2.07. The fourth-order valence-corrected chi connectivity index (χ4v) is 2.34. The van der Waals surface area contributed by atoms with E-state index in [9.17, 15) is 0 Å². The first-order valence-corrected chi connectivity index (χ1v) is 7.00. The van der Waals surface area contributed by atoms with E-state index in [1.165, 1.54) is 0 Å². The number of anilines is 2. The fourth-order valence-electron chi connectivity index (χ4n) is 1.88. The van der Waals surface area contributed by atoms with Gasteiger partial charge in [-0.05, 0) is 28.1 Å². The van der Waals surface area contributed by atoms with E-state index in [0.717, 1.165) is 34.7 Å². The van der Waals surface area contributed by atoms with Crippen molar-refractivity contribution in [2.45, 2.75) is 0 Å². The molecule has 102 valence electrons. The van der Waals surface area contributed by atoms with Crippen LogP contribution in [0.1, 0.15) is 0 Å². The summed E-state index contributed by atoms with van der Waals surface area (Å²) in [7, 11) is 0. The van der Waals surface area contributed by atoms with E-state index in [4.69, 9.17) is 0 Å². The smallest absolute Gasteiger partial charge is 0.153 e. The molecule has 3 aromatic rings. The van der Waals surface area contributed by atoms with Crippen molar-refractivity contribution < 1.29 is 0 Å². The zero-order valence-electron chi connectivity index (χ0n) is 10.6. The number of aromatic nitrogens is 4. The second kappa shape index (κ2) is 5.87. The maximum Gasteiger partial charge on any atom is 0.153 e. The monoisotopic (exact) mass is 332 g/mol. The van der Waals surface area contributed by atoms with Crippen LogP contribution in [0, 0.1) is 0 Å². The Morgan fingerprint density at radius 1 is 1.10 bits per heavy atom. The Morgan fingerprint density at radius 2 is 2.00 bits per heavy atom. The second-order valence-corrected chi connectivity index (χ2v) is 4.98.